The SMILES string of the molecule is NCCCCCCNc1ccc(C(N)=O)nn1. The van der Waals surface area contributed by atoms with Crippen molar-refractivity contribution in [2.24, 2.45) is 11.5 Å². The molecule has 6 heteroatoms. The molecule has 1 aromatic rings. The fraction of sp³-hybridized carbons (Fsp3) is 0.545. The molecule has 1 amide bonds. The summed E-state index contributed by atoms with van der Waals surface area (Å²) in [4.78, 5) is 10.8. The number of primary amides is 1. The van der Waals surface area contributed by atoms with Gasteiger partial charge in [0.1, 0.15) is 5.82 Å². The van der Waals surface area contributed by atoms with Crippen molar-refractivity contribution in [1.82, 2.24) is 10.2 Å². The Morgan fingerprint density at radius 2 is 1.94 bits per heavy atom. The lowest BCUT2D eigenvalue weighted by atomic mass is 10.2. The fourth-order valence-electron chi connectivity index (χ4n) is 1.40. The standard InChI is InChI=1S/C11H19N5O/c12-7-3-1-2-4-8-14-10-6-5-9(11(13)17)15-16-10/h5-6H,1-4,7-8,12H2,(H2,13,17)(H,14,16). The highest BCUT2D eigenvalue weighted by Gasteiger charge is 2.02. The summed E-state index contributed by atoms with van der Waals surface area (Å²) in [6.07, 6.45) is 4.45. The summed E-state index contributed by atoms with van der Waals surface area (Å²) in [5.41, 5.74) is 10.6. The number of anilines is 1. The molecule has 0 aromatic carbocycles. The molecule has 1 aromatic heterocycles. The predicted molar refractivity (Wildman–Crippen MR) is 66.6 cm³/mol. The largest absolute Gasteiger partial charge is 0.369 e. The van der Waals surface area contributed by atoms with Gasteiger partial charge in [0.05, 0.1) is 0 Å². The molecule has 17 heavy (non-hydrogen) atoms. The molecule has 0 aliphatic rings. The first kappa shape index (κ1) is 13.4. The number of hydrogen-bond donors (Lipinski definition) is 3. The summed E-state index contributed by atoms with van der Waals surface area (Å²) in [6.45, 7) is 1.60. The van der Waals surface area contributed by atoms with Crippen LogP contribution >= 0.6 is 0 Å². The van der Waals surface area contributed by atoms with Crippen LogP contribution in [0.2, 0.25) is 0 Å². The van der Waals surface area contributed by atoms with Crippen molar-refractivity contribution >= 4 is 11.7 Å². The molecule has 0 aliphatic carbocycles. The first-order valence-corrected chi connectivity index (χ1v) is 5.81. The minimum Gasteiger partial charge on any atom is -0.369 e. The molecule has 94 valence electrons. The number of nitrogens with zero attached hydrogens (tertiary/aromatic N) is 2. The summed E-state index contributed by atoms with van der Waals surface area (Å²) < 4.78 is 0. The number of aromatic nitrogens is 2. The van der Waals surface area contributed by atoms with Crippen LogP contribution in [0.1, 0.15) is 36.2 Å². The lowest BCUT2D eigenvalue weighted by molar-refractivity contribution is 0.0994. The summed E-state index contributed by atoms with van der Waals surface area (Å²) in [7, 11) is 0. The highest BCUT2D eigenvalue weighted by atomic mass is 16.1. The maximum absolute atomic E-state index is 10.8. The number of carbonyl (C=O) groups is 1. The molecule has 0 saturated carbocycles. The van der Waals surface area contributed by atoms with Crippen LogP contribution < -0.4 is 16.8 Å². The number of nitrogens with one attached hydrogen (secondary N) is 1. The quantitative estimate of drug-likeness (QED) is 0.571. The number of unbranched alkanes of at least 4 members (excludes halogenated alkanes) is 3. The van der Waals surface area contributed by atoms with Crippen molar-refractivity contribution < 1.29 is 4.79 Å². The van der Waals surface area contributed by atoms with Gasteiger partial charge in [-0.2, -0.15) is 0 Å². The predicted octanol–water partition coefficient (Wildman–Crippen LogP) is 0.507. The van der Waals surface area contributed by atoms with Gasteiger partial charge in [-0.3, -0.25) is 4.79 Å². The normalized spacial score (nSPS) is 10.2. The smallest absolute Gasteiger partial charge is 0.269 e. The minimum absolute atomic E-state index is 0.179. The average molecular weight is 237 g/mol. The molecule has 0 spiro atoms. The van der Waals surface area contributed by atoms with Gasteiger partial charge in [-0.25, -0.2) is 0 Å². The summed E-state index contributed by atoms with van der Waals surface area (Å²) in [5.74, 6) is 0.0969. The number of rotatable bonds is 8. The lowest BCUT2D eigenvalue weighted by Gasteiger charge is -2.04. The molecule has 0 radical (unpaired) electrons. The van der Waals surface area contributed by atoms with Crippen LogP contribution in [0.5, 0.6) is 0 Å². The second-order valence-corrected chi connectivity index (χ2v) is 3.80. The van der Waals surface area contributed by atoms with Gasteiger partial charge < -0.3 is 16.8 Å². The average Bonchev–Trinajstić information content (AvgIpc) is 2.34. The second kappa shape index (κ2) is 7.56. The van der Waals surface area contributed by atoms with E-state index in [1.807, 2.05) is 0 Å². The minimum atomic E-state index is -0.564. The van der Waals surface area contributed by atoms with Crippen LogP contribution in [-0.4, -0.2) is 29.2 Å². The highest BCUT2D eigenvalue weighted by molar-refractivity contribution is 5.90. The van der Waals surface area contributed by atoms with Crippen molar-refractivity contribution in [2.75, 3.05) is 18.4 Å². The molecule has 0 bridgehead atoms. The molecule has 0 unspecified atom stereocenters. The van der Waals surface area contributed by atoms with Gasteiger partial charge >= 0.3 is 0 Å². The zero-order valence-electron chi connectivity index (χ0n) is 9.85. The van der Waals surface area contributed by atoms with Gasteiger partial charge in [0, 0.05) is 6.54 Å². The van der Waals surface area contributed by atoms with Crippen LogP contribution in [-0.2, 0) is 0 Å². The molecule has 1 rings (SSSR count). The third kappa shape index (κ3) is 5.26. The van der Waals surface area contributed by atoms with Crippen LogP contribution in [0.25, 0.3) is 0 Å². The Morgan fingerprint density at radius 1 is 1.18 bits per heavy atom. The number of carbonyl (C=O) groups excluding carboxylic acids is 1. The van der Waals surface area contributed by atoms with E-state index in [1.54, 1.807) is 12.1 Å². The van der Waals surface area contributed by atoms with E-state index in [0.717, 1.165) is 38.8 Å². The van der Waals surface area contributed by atoms with E-state index in [0.29, 0.717) is 5.82 Å². The van der Waals surface area contributed by atoms with E-state index < -0.39 is 5.91 Å². The molecule has 0 atom stereocenters. The Bertz CT molecular complexity index is 338. The fourth-order valence-corrected chi connectivity index (χ4v) is 1.40. The van der Waals surface area contributed by atoms with Crippen molar-refractivity contribution in [3.8, 4) is 0 Å². The highest BCUT2D eigenvalue weighted by Crippen LogP contribution is 2.03. The van der Waals surface area contributed by atoms with Crippen molar-refractivity contribution in [1.29, 1.82) is 0 Å². The molecule has 5 N–H and O–H groups in total. The maximum atomic E-state index is 10.8. The molecule has 0 fully saturated rings. The Labute approximate surface area is 101 Å². The topological polar surface area (TPSA) is 107 Å². The third-order valence-electron chi connectivity index (χ3n) is 2.35. The Balaban J connectivity index is 2.21. The molecule has 6 nitrogen and oxygen atoms in total. The zero-order chi connectivity index (χ0) is 12.5. The van der Waals surface area contributed by atoms with E-state index >= 15 is 0 Å². The maximum Gasteiger partial charge on any atom is 0.269 e. The van der Waals surface area contributed by atoms with Gasteiger partial charge in [-0.15, -0.1) is 10.2 Å². The van der Waals surface area contributed by atoms with Gasteiger partial charge in [0.2, 0.25) is 0 Å². The van der Waals surface area contributed by atoms with Crippen LogP contribution in [0.4, 0.5) is 5.82 Å². The zero-order valence-corrected chi connectivity index (χ0v) is 9.85. The second-order valence-electron chi connectivity index (χ2n) is 3.80. The van der Waals surface area contributed by atoms with E-state index in [4.69, 9.17) is 11.5 Å². The van der Waals surface area contributed by atoms with Gasteiger partial charge in [-0.05, 0) is 31.5 Å². The first-order chi connectivity index (χ1) is 8.24. The van der Waals surface area contributed by atoms with Crippen molar-refractivity contribution in [2.45, 2.75) is 25.7 Å². The van der Waals surface area contributed by atoms with E-state index in [-0.39, 0.29) is 5.69 Å². The van der Waals surface area contributed by atoms with E-state index in [9.17, 15) is 4.79 Å². The number of nitrogens with two attached hydrogens (primary N) is 2. The summed E-state index contributed by atoms with van der Waals surface area (Å²) >= 11 is 0. The van der Waals surface area contributed by atoms with Crippen LogP contribution in [0.3, 0.4) is 0 Å². The first-order valence-electron chi connectivity index (χ1n) is 5.81. The summed E-state index contributed by atoms with van der Waals surface area (Å²) in [6, 6.07) is 3.26. The van der Waals surface area contributed by atoms with Gasteiger partial charge in [-0.1, -0.05) is 12.8 Å². The van der Waals surface area contributed by atoms with Crippen molar-refractivity contribution in [3.63, 3.8) is 0 Å². The number of amides is 1. The molecule has 0 aliphatic heterocycles. The third-order valence-corrected chi connectivity index (χ3v) is 2.35. The van der Waals surface area contributed by atoms with Gasteiger partial charge in [0.15, 0.2) is 5.69 Å². The van der Waals surface area contributed by atoms with Crippen LogP contribution in [0, 0.1) is 0 Å². The Hall–Kier alpha value is -1.69. The van der Waals surface area contributed by atoms with E-state index in [2.05, 4.69) is 15.5 Å². The van der Waals surface area contributed by atoms with Gasteiger partial charge in [0.25, 0.3) is 5.91 Å². The monoisotopic (exact) mass is 237 g/mol. The number of hydrogen-bond acceptors (Lipinski definition) is 5. The van der Waals surface area contributed by atoms with Crippen LogP contribution in [0.15, 0.2) is 12.1 Å². The molecular weight excluding hydrogens is 218 g/mol. The molecule has 1 heterocycles. The van der Waals surface area contributed by atoms with E-state index in [1.165, 1.54) is 0 Å². The van der Waals surface area contributed by atoms with Crippen molar-refractivity contribution in [3.05, 3.63) is 17.8 Å². The Kier molecular flexibility index (Phi) is 5.95. The lowest BCUT2D eigenvalue weighted by Crippen LogP contribution is -2.14. The summed E-state index contributed by atoms with van der Waals surface area (Å²) in [5, 5.41) is 10.7. The Morgan fingerprint density at radius 3 is 2.53 bits per heavy atom. The molecular formula is C11H19N5O. The molecule has 0 saturated heterocycles.